The van der Waals surface area contributed by atoms with Gasteiger partial charge in [0.25, 0.3) is 0 Å². The van der Waals surface area contributed by atoms with E-state index in [0.717, 1.165) is 31.8 Å². The lowest BCUT2D eigenvalue weighted by Crippen LogP contribution is -2.29. The molecule has 21 heavy (non-hydrogen) atoms. The Morgan fingerprint density at radius 1 is 1.10 bits per heavy atom. The number of benzene rings is 1. The van der Waals surface area contributed by atoms with Crippen LogP contribution in [-0.4, -0.2) is 33.3 Å². The highest BCUT2D eigenvalue weighted by Gasteiger charge is 2.14. The van der Waals surface area contributed by atoms with Gasteiger partial charge in [-0.3, -0.25) is 0 Å². The fraction of sp³-hybridized carbons (Fsp3) is 0.562. The molecule has 1 N–H and O–H groups in total. The highest BCUT2D eigenvalue weighted by atomic mass is 15.6. The number of hydrogen-bond acceptors (Lipinski definition) is 4. The molecule has 0 amide bonds. The highest BCUT2D eigenvalue weighted by Crippen LogP contribution is 2.12. The maximum absolute atomic E-state index is 4.30. The number of hydrogen-bond donors (Lipinski definition) is 1. The van der Waals surface area contributed by atoms with Crippen LogP contribution in [0.2, 0.25) is 0 Å². The molecule has 0 saturated heterocycles. The molecule has 0 aliphatic rings. The summed E-state index contributed by atoms with van der Waals surface area (Å²) in [6.45, 7) is 6.47. The van der Waals surface area contributed by atoms with Crippen LogP contribution in [0.3, 0.4) is 0 Å². The van der Waals surface area contributed by atoms with E-state index in [2.05, 4.69) is 64.9 Å². The van der Waals surface area contributed by atoms with Crippen molar-refractivity contribution in [2.75, 3.05) is 13.1 Å². The lowest BCUT2D eigenvalue weighted by atomic mass is 9.95. The standard InChI is InChI=1S/C16H25N5/c1-13(2)11-17-12-15(9-14-7-5-4-6-8-14)10-16-18-20-21(3)19-16/h4-8,13,15,17H,9-12H2,1-3H3. The summed E-state index contributed by atoms with van der Waals surface area (Å²) in [7, 11) is 1.81. The Morgan fingerprint density at radius 3 is 2.48 bits per heavy atom. The number of aryl methyl sites for hydroxylation is 1. The van der Waals surface area contributed by atoms with Crippen molar-refractivity contribution in [3.05, 3.63) is 41.7 Å². The van der Waals surface area contributed by atoms with Crippen LogP contribution < -0.4 is 5.32 Å². The van der Waals surface area contributed by atoms with Crippen molar-refractivity contribution in [1.82, 2.24) is 25.5 Å². The van der Waals surface area contributed by atoms with Crippen LogP contribution in [0.1, 0.15) is 25.2 Å². The van der Waals surface area contributed by atoms with E-state index in [9.17, 15) is 0 Å². The number of tetrazole rings is 1. The van der Waals surface area contributed by atoms with Gasteiger partial charge in [-0.1, -0.05) is 44.2 Å². The van der Waals surface area contributed by atoms with Gasteiger partial charge in [0.1, 0.15) is 0 Å². The molecule has 1 aromatic heterocycles. The molecule has 0 bridgehead atoms. The van der Waals surface area contributed by atoms with E-state index < -0.39 is 0 Å². The first kappa shape index (κ1) is 15.6. The molecular weight excluding hydrogens is 262 g/mol. The summed E-state index contributed by atoms with van der Waals surface area (Å²) < 4.78 is 0. The molecule has 1 heterocycles. The SMILES string of the molecule is CC(C)CNCC(Cc1ccccc1)Cc1nnn(C)n1. The molecule has 0 fully saturated rings. The molecule has 5 heteroatoms. The quantitative estimate of drug-likeness (QED) is 0.805. The van der Waals surface area contributed by atoms with Crippen LogP contribution in [0.25, 0.3) is 0 Å². The summed E-state index contributed by atoms with van der Waals surface area (Å²) in [6, 6.07) is 10.6. The van der Waals surface area contributed by atoms with Gasteiger partial charge in [0.2, 0.25) is 0 Å². The molecule has 2 aromatic rings. The Kier molecular flexibility index (Phi) is 5.87. The predicted octanol–water partition coefficient (Wildman–Crippen LogP) is 1.86. The molecule has 0 aliphatic heterocycles. The van der Waals surface area contributed by atoms with E-state index in [1.165, 1.54) is 10.4 Å². The summed E-state index contributed by atoms with van der Waals surface area (Å²) >= 11 is 0. The Labute approximate surface area is 126 Å². The Hall–Kier alpha value is -1.75. The summed E-state index contributed by atoms with van der Waals surface area (Å²) in [5.74, 6) is 1.97. The molecule has 0 saturated carbocycles. The van der Waals surface area contributed by atoms with E-state index in [1.807, 2.05) is 0 Å². The van der Waals surface area contributed by atoms with Crippen molar-refractivity contribution in [3.8, 4) is 0 Å². The third-order valence-electron chi connectivity index (χ3n) is 3.37. The largest absolute Gasteiger partial charge is 0.316 e. The van der Waals surface area contributed by atoms with Crippen LogP contribution in [-0.2, 0) is 19.9 Å². The van der Waals surface area contributed by atoms with Crippen molar-refractivity contribution in [1.29, 1.82) is 0 Å². The molecule has 0 spiro atoms. The van der Waals surface area contributed by atoms with Crippen molar-refractivity contribution < 1.29 is 0 Å². The van der Waals surface area contributed by atoms with Gasteiger partial charge >= 0.3 is 0 Å². The lowest BCUT2D eigenvalue weighted by Gasteiger charge is -2.17. The Bertz CT molecular complexity index is 520. The van der Waals surface area contributed by atoms with Crippen LogP contribution >= 0.6 is 0 Å². The van der Waals surface area contributed by atoms with Crippen LogP contribution in [0, 0.1) is 11.8 Å². The van der Waals surface area contributed by atoms with Crippen LogP contribution in [0.5, 0.6) is 0 Å². The molecule has 2 rings (SSSR count). The van der Waals surface area contributed by atoms with Gasteiger partial charge in [-0.25, -0.2) is 0 Å². The zero-order valence-electron chi connectivity index (χ0n) is 13.2. The van der Waals surface area contributed by atoms with Gasteiger partial charge in [0.05, 0.1) is 7.05 Å². The minimum atomic E-state index is 0.482. The number of nitrogens with zero attached hydrogens (tertiary/aromatic N) is 4. The molecule has 1 atom stereocenters. The van der Waals surface area contributed by atoms with Gasteiger partial charge in [0, 0.05) is 6.42 Å². The van der Waals surface area contributed by atoms with Crippen molar-refractivity contribution in [3.63, 3.8) is 0 Å². The third-order valence-corrected chi connectivity index (χ3v) is 3.37. The Morgan fingerprint density at radius 2 is 1.86 bits per heavy atom. The fourth-order valence-corrected chi connectivity index (χ4v) is 2.40. The first-order chi connectivity index (χ1) is 10.1. The first-order valence-electron chi connectivity index (χ1n) is 7.61. The highest BCUT2D eigenvalue weighted by molar-refractivity contribution is 5.15. The topological polar surface area (TPSA) is 55.6 Å². The summed E-state index contributed by atoms with van der Waals surface area (Å²) in [5, 5.41) is 15.9. The minimum Gasteiger partial charge on any atom is -0.316 e. The average Bonchev–Trinajstić information content (AvgIpc) is 2.85. The zero-order chi connectivity index (χ0) is 15.1. The summed E-state index contributed by atoms with van der Waals surface area (Å²) in [6.07, 6.45) is 1.89. The van der Waals surface area contributed by atoms with Crippen molar-refractivity contribution >= 4 is 0 Å². The smallest absolute Gasteiger partial charge is 0.175 e. The second-order valence-corrected chi connectivity index (χ2v) is 6.01. The first-order valence-corrected chi connectivity index (χ1v) is 7.61. The third kappa shape index (κ3) is 5.63. The molecule has 0 radical (unpaired) electrons. The maximum atomic E-state index is 4.30. The summed E-state index contributed by atoms with van der Waals surface area (Å²) in [4.78, 5) is 1.52. The second-order valence-electron chi connectivity index (χ2n) is 6.01. The normalized spacial score (nSPS) is 12.8. The lowest BCUT2D eigenvalue weighted by molar-refractivity contribution is 0.438. The fourth-order valence-electron chi connectivity index (χ4n) is 2.40. The van der Waals surface area contributed by atoms with E-state index in [1.54, 1.807) is 7.05 Å². The molecule has 114 valence electrons. The van der Waals surface area contributed by atoms with Gasteiger partial charge in [-0.2, -0.15) is 4.80 Å². The van der Waals surface area contributed by atoms with E-state index in [-0.39, 0.29) is 0 Å². The van der Waals surface area contributed by atoms with E-state index >= 15 is 0 Å². The van der Waals surface area contributed by atoms with Crippen LogP contribution in [0.15, 0.2) is 30.3 Å². The van der Waals surface area contributed by atoms with Gasteiger partial charge in [0.15, 0.2) is 5.82 Å². The zero-order valence-corrected chi connectivity index (χ0v) is 13.2. The van der Waals surface area contributed by atoms with Gasteiger partial charge in [-0.15, -0.1) is 10.2 Å². The minimum absolute atomic E-state index is 0.482. The number of rotatable bonds is 8. The molecule has 5 nitrogen and oxygen atoms in total. The van der Waals surface area contributed by atoms with E-state index in [4.69, 9.17) is 0 Å². The molecule has 1 aromatic carbocycles. The number of aromatic nitrogens is 4. The molecule has 0 aliphatic carbocycles. The van der Waals surface area contributed by atoms with E-state index in [0.29, 0.717) is 11.8 Å². The predicted molar refractivity (Wildman–Crippen MR) is 83.8 cm³/mol. The second kappa shape index (κ2) is 7.88. The number of nitrogens with one attached hydrogen (secondary N) is 1. The monoisotopic (exact) mass is 287 g/mol. The van der Waals surface area contributed by atoms with Crippen LogP contribution in [0.4, 0.5) is 0 Å². The molecule has 1 unspecified atom stereocenters. The maximum Gasteiger partial charge on any atom is 0.175 e. The summed E-state index contributed by atoms with van der Waals surface area (Å²) in [5.41, 5.74) is 1.36. The van der Waals surface area contributed by atoms with Crippen molar-refractivity contribution in [2.45, 2.75) is 26.7 Å². The van der Waals surface area contributed by atoms with Crippen molar-refractivity contribution in [2.24, 2.45) is 18.9 Å². The Balaban J connectivity index is 1.95. The average molecular weight is 287 g/mol. The van der Waals surface area contributed by atoms with Gasteiger partial charge in [-0.05, 0) is 42.1 Å². The van der Waals surface area contributed by atoms with Gasteiger partial charge < -0.3 is 5.32 Å². The molecular formula is C16H25N5.